The van der Waals surface area contributed by atoms with Gasteiger partial charge in [-0.3, -0.25) is 14.4 Å². The van der Waals surface area contributed by atoms with Crippen molar-refractivity contribution in [2.75, 3.05) is 49.1 Å². The second-order valence-electron chi connectivity index (χ2n) is 12.3. The molecule has 4 aliphatic rings. The summed E-state index contributed by atoms with van der Waals surface area (Å²) in [4.78, 5) is 50.5. The molecule has 2 fully saturated rings. The Bertz CT molecular complexity index is 1230. The zero-order chi connectivity index (χ0) is 30.2. The molecule has 3 amide bonds. The Morgan fingerprint density at radius 2 is 1.71 bits per heavy atom. The first-order chi connectivity index (χ1) is 20.2. The number of carbonyl (C=O) groups is 3. The highest BCUT2D eigenvalue weighted by atomic mass is 16.5. The van der Waals surface area contributed by atoms with E-state index in [2.05, 4.69) is 18.7 Å². The van der Waals surface area contributed by atoms with E-state index >= 15 is 0 Å². The monoisotopic (exact) mass is 578 g/mol. The SMILES string of the molecule is CCCN1CC=C[C@H]2O[C@]34C=CCN(c5ccc(N(CC)CC)cc5)C(=O)C3N([C@@H](CO)CC(C)C)C(=O)[C@@H]4[C@H]2C1=O. The number of benzene rings is 1. The highest BCUT2D eigenvalue weighted by molar-refractivity contribution is 6.06. The molecule has 9 heteroatoms. The summed E-state index contributed by atoms with van der Waals surface area (Å²) in [6, 6.07) is 6.36. The molecule has 9 nitrogen and oxygen atoms in total. The van der Waals surface area contributed by atoms with Crippen molar-refractivity contribution in [2.45, 2.75) is 71.2 Å². The van der Waals surface area contributed by atoms with Crippen LogP contribution in [-0.4, -0.2) is 95.7 Å². The normalized spacial score (nSPS) is 29.5. The van der Waals surface area contributed by atoms with E-state index in [1.165, 1.54) is 0 Å². The van der Waals surface area contributed by atoms with E-state index in [0.717, 1.165) is 30.9 Å². The third-order valence-electron chi connectivity index (χ3n) is 9.31. The molecule has 4 heterocycles. The molecule has 5 rings (SSSR count). The molecule has 1 spiro atoms. The van der Waals surface area contributed by atoms with Crippen LogP contribution in [0.2, 0.25) is 0 Å². The Morgan fingerprint density at radius 1 is 1.00 bits per heavy atom. The quantitative estimate of drug-likeness (QED) is 0.429. The minimum Gasteiger partial charge on any atom is -0.394 e. The summed E-state index contributed by atoms with van der Waals surface area (Å²) in [6.45, 7) is 13.2. The van der Waals surface area contributed by atoms with Gasteiger partial charge in [-0.05, 0) is 56.9 Å². The predicted molar refractivity (Wildman–Crippen MR) is 163 cm³/mol. The Balaban J connectivity index is 1.59. The summed E-state index contributed by atoms with van der Waals surface area (Å²) < 4.78 is 6.75. The summed E-state index contributed by atoms with van der Waals surface area (Å²) in [5.74, 6) is -2.06. The highest BCUT2D eigenvalue weighted by Gasteiger charge is 2.72. The molecule has 2 saturated heterocycles. The first-order valence-corrected chi connectivity index (χ1v) is 15.6. The number of aliphatic hydroxyl groups excluding tert-OH is 1. The minimum absolute atomic E-state index is 0.110. The van der Waals surface area contributed by atoms with Gasteiger partial charge in [-0.2, -0.15) is 0 Å². The van der Waals surface area contributed by atoms with E-state index in [4.69, 9.17) is 4.74 Å². The van der Waals surface area contributed by atoms with E-state index in [1.807, 2.05) is 69.3 Å². The third kappa shape index (κ3) is 4.94. The van der Waals surface area contributed by atoms with Crippen molar-refractivity contribution in [2.24, 2.45) is 17.8 Å². The number of hydrogen-bond donors (Lipinski definition) is 1. The molecule has 0 radical (unpaired) electrons. The Morgan fingerprint density at radius 3 is 2.33 bits per heavy atom. The van der Waals surface area contributed by atoms with Gasteiger partial charge in [0.05, 0.1) is 30.6 Å². The zero-order valence-corrected chi connectivity index (χ0v) is 25.6. The van der Waals surface area contributed by atoms with Gasteiger partial charge < -0.3 is 29.4 Å². The number of nitrogens with zero attached hydrogens (tertiary/aromatic N) is 4. The van der Waals surface area contributed by atoms with Gasteiger partial charge in [0.1, 0.15) is 11.6 Å². The van der Waals surface area contributed by atoms with Crippen molar-refractivity contribution in [1.29, 1.82) is 0 Å². The molecule has 0 bridgehead atoms. The van der Waals surface area contributed by atoms with Gasteiger partial charge in [0.25, 0.3) is 5.91 Å². The van der Waals surface area contributed by atoms with Crippen molar-refractivity contribution >= 4 is 29.1 Å². The molecule has 4 aliphatic heterocycles. The van der Waals surface area contributed by atoms with Crippen molar-refractivity contribution in [3.63, 3.8) is 0 Å². The molecular formula is C33H46N4O5. The fourth-order valence-corrected chi connectivity index (χ4v) is 7.48. The molecule has 6 atom stereocenters. The number of anilines is 2. The van der Waals surface area contributed by atoms with Crippen LogP contribution in [0.1, 0.15) is 47.5 Å². The number of fused-ring (bicyclic) bond motifs is 2. The van der Waals surface area contributed by atoms with Crippen LogP contribution in [-0.2, 0) is 19.1 Å². The summed E-state index contributed by atoms with van der Waals surface area (Å²) in [6.07, 6.45) is 8.33. The topological polar surface area (TPSA) is 93.6 Å². The van der Waals surface area contributed by atoms with Crippen molar-refractivity contribution in [3.05, 3.63) is 48.6 Å². The fraction of sp³-hybridized carbons (Fsp3) is 0.606. The molecule has 1 N–H and O–H groups in total. The average Bonchev–Trinajstić information content (AvgIpc) is 3.30. The van der Waals surface area contributed by atoms with Gasteiger partial charge in [0.2, 0.25) is 11.8 Å². The highest BCUT2D eigenvalue weighted by Crippen LogP contribution is 2.54. The maximum absolute atomic E-state index is 14.7. The van der Waals surface area contributed by atoms with E-state index in [9.17, 15) is 19.5 Å². The number of rotatable bonds is 10. The van der Waals surface area contributed by atoms with Gasteiger partial charge in [-0.1, -0.05) is 45.1 Å². The summed E-state index contributed by atoms with van der Waals surface area (Å²) in [5.41, 5.74) is 0.503. The molecule has 1 aromatic rings. The van der Waals surface area contributed by atoms with Gasteiger partial charge >= 0.3 is 0 Å². The number of carbonyl (C=O) groups excluding carboxylic acids is 3. The predicted octanol–water partition coefficient (Wildman–Crippen LogP) is 3.23. The lowest BCUT2D eigenvalue weighted by molar-refractivity contribution is -0.147. The van der Waals surface area contributed by atoms with Crippen LogP contribution in [0.4, 0.5) is 11.4 Å². The number of aliphatic hydroxyl groups is 1. The number of likely N-dealkylation sites (tertiary alicyclic amines) is 1. The molecule has 1 aromatic carbocycles. The molecule has 0 saturated carbocycles. The van der Waals surface area contributed by atoms with Crippen LogP contribution in [0, 0.1) is 17.8 Å². The van der Waals surface area contributed by atoms with E-state index in [0.29, 0.717) is 26.1 Å². The van der Waals surface area contributed by atoms with Crippen LogP contribution in [0.3, 0.4) is 0 Å². The maximum atomic E-state index is 14.7. The van der Waals surface area contributed by atoms with Crippen LogP contribution < -0.4 is 9.80 Å². The van der Waals surface area contributed by atoms with Gasteiger partial charge in [0.15, 0.2) is 0 Å². The van der Waals surface area contributed by atoms with Gasteiger partial charge in [-0.15, -0.1) is 0 Å². The van der Waals surface area contributed by atoms with Crippen LogP contribution in [0.25, 0.3) is 0 Å². The van der Waals surface area contributed by atoms with Gasteiger partial charge in [0, 0.05) is 44.1 Å². The molecule has 0 aliphatic carbocycles. The van der Waals surface area contributed by atoms with Crippen LogP contribution in [0.15, 0.2) is 48.6 Å². The first kappa shape index (κ1) is 30.3. The number of amides is 3. The van der Waals surface area contributed by atoms with E-state index in [1.54, 1.807) is 14.7 Å². The van der Waals surface area contributed by atoms with Crippen molar-refractivity contribution in [3.8, 4) is 0 Å². The second-order valence-corrected chi connectivity index (χ2v) is 12.3. The van der Waals surface area contributed by atoms with Crippen molar-refractivity contribution in [1.82, 2.24) is 9.80 Å². The maximum Gasteiger partial charge on any atom is 0.253 e. The largest absolute Gasteiger partial charge is 0.394 e. The standard InChI is InChI=1S/C33H46N4O5/c1-6-17-35-18-9-11-26-27(30(35)39)28-31(40)37(25(21-38)20-22(4)5)29-32(41)36(19-10-16-33(28,29)42-26)24-14-12-23(13-15-24)34(7-2)8-3/h9-16,22,25-29,38H,6-8,17-21H2,1-5H3/t25-,26-,27+,28+,29?,33+/m1/s1. The van der Waals surface area contributed by atoms with Crippen LogP contribution in [0.5, 0.6) is 0 Å². The zero-order valence-electron chi connectivity index (χ0n) is 25.6. The smallest absolute Gasteiger partial charge is 0.253 e. The van der Waals surface area contributed by atoms with Crippen molar-refractivity contribution < 1.29 is 24.2 Å². The van der Waals surface area contributed by atoms with E-state index < -0.39 is 35.6 Å². The lowest BCUT2D eigenvalue weighted by Gasteiger charge is -2.39. The first-order valence-electron chi connectivity index (χ1n) is 15.6. The van der Waals surface area contributed by atoms with Crippen LogP contribution >= 0.6 is 0 Å². The third-order valence-corrected chi connectivity index (χ3v) is 9.31. The molecular weight excluding hydrogens is 532 g/mol. The lowest BCUT2D eigenvalue weighted by atomic mass is 9.77. The molecule has 0 aromatic heterocycles. The number of hydrogen-bond acceptors (Lipinski definition) is 6. The Labute approximate surface area is 249 Å². The second kappa shape index (κ2) is 12.2. The number of ether oxygens (including phenoxy) is 1. The fourth-order valence-electron chi connectivity index (χ4n) is 7.48. The average molecular weight is 579 g/mol. The summed E-state index contributed by atoms with van der Waals surface area (Å²) >= 11 is 0. The summed E-state index contributed by atoms with van der Waals surface area (Å²) in [5, 5.41) is 10.5. The lowest BCUT2D eigenvalue weighted by Crippen LogP contribution is -2.58. The molecule has 228 valence electrons. The Hall–Kier alpha value is -3.17. The van der Waals surface area contributed by atoms with Gasteiger partial charge in [-0.25, -0.2) is 0 Å². The summed E-state index contributed by atoms with van der Waals surface area (Å²) in [7, 11) is 0. The molecule has 1 unspecified atom stereocenters. The van der Waals surface area contributed by atoms with E-state index in [-0.39, 0.29) is 30.2 Å². The minimum atomic E-state index is -1.31. The Kier molecular flexibility index (Phi) is 8.81. The molecule has 42 heavy (non-hydrogen) atoms.